The van der Waals surface area contributed by atoms with Crippen molar-refractivity contribution in [2.45, 2.75) is 31.4 Å². The van der Waals surface area contributed by atoms with Gasteiger partial charge in [0.1, 0.15) is 5.75 Å². The van der Waals surface area contributed by atoms with E-state index in [1.807, 2.05) is 18.0 Å². The zero-order chi connectivity index (χ0) is 21.4. The van der Waals surface area contributed by atoms with Crippen LogP contribution in [-0.2, 0) is 16.7 Å². The van der Waals surface area contributed by atoms with Crippen LogP contribution < -0.4 is 10.1 Å². The second kappa shape index (κ2) is 12.2. The molecular formula is C23H30F2IN3O2. The molecule has 3 rings (SSSR count). The van der Waals surface area contributed by atoms with Crippen LogP contribution in [-0.4, -0.2) is 51.3 Å². The lowest BCUT2D eigenvalue weighted by atomic mass is 9.74. The van der Waals surface area contributed by atoms with Crippen LogP contribution >= 0.6 is 24.0 Å². The molecule has 0 bridgehead atoms. The minimum Gasteiger partial charge on any atom is -0.435 e. The molecule has 8 heteroatoms. The Hall–Kier alpha value is -1.94. The first kappa shape index (κ1) is 25.3. The van der Waals surface area contributed by atoms with Crippen LogP contribution in [0.2, 0.25) is 0 Å². The summed E-state index contributed by atoms with van der Waals surface area (Å²) in [5.74, 6) is 0.938. The smallest absolute Gasteiger partial charge is 0.387 e. The molecule has 2 aromatic rings. The average molecular weight is 545 g/mol. The normalized spacial score (nSPS) is 15.8. The van der Waals surface area contributed by atoms with Crippen molar-refractivity contribution in [3.8, 4) is 5.75 Å². The van der Waals surface area contributed by atoms with E-state index in [1.54, 1.807) is 31.3 Å². The first-order valence-corrected chi connectivity index (χ1v) is 10.1. The third-order valence-electron chi connectivity index (χ3n) is 5.56. The zero-order valence-corrected chi connectivity index (χ0v) is 20.2. The van der Waals surface area contributed by atoms with Gasteiger partial charge in [0.25, 0.3) is 0 Å². The summed E-state index contributed by atoms with van der Waals surface area (Å²) in [4.78, 5) is 6.44. The van der Waals surface area contributed by atoms with Gasteiger partial charge in [0, 0.05) is 45.8 Å². The Labute approximate surface area is 199 Å². The fourth-order valence-electron chi connectivity index (χ4n) is 3.88. The molecule has 0 radical (unpaired) electrons. The Balaban J connectivity index is 0.00000341. The van der Waals surface area contributed by atoms with Crippen molar-refractivity contribution in [3.63, 3.8) is 0 Å². The van der Waals surface area contributed by atoms with Crippen molar-refractivity contribution in [1.82, 2.24) is 10.2 Å². The maximum absolute atomic E-state index is 12.3. The highest BCUT2D eigenvalue weighted by atomic mass is 127. The minimum absolute atomic E-state index is 0. The maximum Gasteiger partial charge on any atom is 0.387 e. The van der Waals surface area contributed by atoms with E-state index in [1.165, 1.54) is 5.56 Å². The predicted molar refractivity (Wildman–Crippen MR) is 129 cm³/mol. The monoisotopic (exact) mass is 545 g/mol. The third kappa shape index (κ3) is 7.03. The fraction of sp³-hybridized carbons (Fsp3) is 0.435. The van der Waals surface area contributed by atoms with Crippen LogP contribution in [0.15, 0.2) is 59.6 Å². The topological polar surface area (TPSA) is 46.1 Å². The van der Waals surface area contributed by atoms with Gasteiger partial charge in [-0.25, -0.2) is 0 Å². The first-order chi connectivity index (χ1) is 14.5. The molecule has 0 spiro atoms. The second-order valence-corrected chi connectivity index (χ2v) is 7.54. The molecule has 0 amide bonds. The number of halogens is 3. The van der Waals surface area contributed by atoms with Gasteiger partial charge in [0.05, 0.1) is 0 Å². The van der Waals surface area contributed by atoms with Crippen LogP contribution in [0, 0.1) is 0 Å². The molecule has 0 aliphatic carbocycles. The van der Waals surface area contributed by atoms with Crippen LogP contribution in [0.25, 0.3) is 0 Å². The van der Waals surface area contributed by atoms with Crippen molar-refractivity contribution >= 4 is 29.9 Å². The van der Waals surface area contributed by atoms with Crippen molar-refractivity contribution in [2.75, 3.05) is 33.9 Å². The Morgan fingerprint density at radius 2 is 1.77 bits per heavy atom. The summed E-state index contributed by atoms with van der Waals surface area (Å²) in [7, 11) is 3.72. The standard InChI is InChI=1S/C23H29F2N3O2.HI/c1-26-22(28(2)16-18-8-10-20(11-9-18)30-21(24)25)27-17-23(12-14-29-15-13-23)19-6-4-3-5-7-19;/h3-11,21H,12-17H2,1-2H3,(H,26,27);1H. The van der Waals surface area contributed by atoms with Crippen LogP contribution in [0.5, 0.6) is 5.75 Å². The molecule has 5 nitrogen and oxygen atoms in total. The van der Waals surface area contributed by atoms with E-state index >= 15 is 0 Å². The van der Waals surface area contributed by atoms with Crippen LogP contribution in [0.1, 0.15) is 24.0 Å². The second-order valence-electron chi connectivity index (χ2n) is 7.54. The minimum atomic E-state index is -2.82. The number of rotatable bonds is 7. The van der Waals surface area contributed by atoms with Gasteiger partial charge in [-0.3, -0.25) is 4.99 Å². The van der Waals surface area contributed by atoms with E-state index in [-0.39, 0.29) is 35.1 Å². The summed E-state index contributed by atoms with van der Waals surface area (Å²) in [6.45, 7) is 0.0359. The fourth-order valence-corrected chi connectivity index (χ4v) is 3.88. The van der Waals surface area contributed by atoms with Gasteiger partial charge >= 0.3 is 6.61 Å². The molecule has 0 aromatic heterocycles. The van der Waals surface area contributed by atoms with Gasteiger partial charge in [-0.15, -0.1) is 24.0 Å². The molecule has 0 atom stereocenters. The lowest BCUT2D eigenvalue weighted by molar-refractivity contribution is -0.0498. The average Bonchev–Trinajstić information content (AvgIpc) is 2.76. The van der Waals surface area contributed by atoms with E-state index in [0.29, 0.717) is 6.54 Å². The lowest BCUT2D eigenvalue weighted by Crippen LogP contribution is -2.48. The third-order valence-corrected chi connectivity index (χ3v) is 5.56. The number of aliphatic imine (C=N–C) groups is 1. The summed E-state index contributed by atoms with van der Waals surface area (Å²) in [5.41, 5.74) is 2.30. The van der Waals surface area contributed by atoms with Gasteiger partial charge < -0.3 is 19.7 Å². The molecule has 31 heavy (non-hydrogen) atoms. The number of alkyl halides is 2. The number of benzene rings is 2. The summed E-state index contributed by atoms with van der Waals surface area (Å²) >= 11 is 0. The quantitative estimate of drug-likeness (QED) is 0.313. The van der Waals surface area contributed by atoms with Crippen molar-refractivity contribution < 1.29 is 18.3 Å². The van der Waals surface area contributed by atoms with Gasteiger partial charge in [-0.1, -0.05) is 42.5 Å². The van der Waals surface area contributed by atoms with E-state index in [2.05, 4.69) is 39.3 Å². The molecule has 1 N–H and O–H groups in total. The lowest BCUT2D eigenvalue weighted by Gasteiger charge is -2.39. The number of ether oxygens (including phenoxy) is 2. The van der Waals surface area contributed by atoms with E-state index in [9.17, 15) is 8.78 Å². The zero-order valence-electron chi connectivity index (χ0n) is 17.9. The SMILES string of the molecule is CN=C(NCC1(c2ccccc2)CCOCC1)N(C)Cc1ccc(OC(F)F)cc1.I. The molecule has 170 valence electrons. The van der Waals surface area contributed by atoms with E-state index in [0.717, 1.165) is 44.1 Å². The number of guanidine groups is 1. The summed E-state index contributed by atoms with van der Waals surface area (Å²) in [6, 6.07) is 17.2. The molecular weight excluding hydrogens is 515 g/mol. The van der Waals surface area contributed by atoms with E-state index in [4.69, 9.17) is 4.74 Å². The summed E-state index contributed by atoms with van der Waals surface area (Å²) in [5, 5.41) is 3.53. The van der Waals surface area contributed by atoms with Gasteiger partial charge in [0.2, 0.25) is 0 Å². The van der Waals surface area contributed by atoms with Crippen molar-refractivity contribution in [2.24, 2.45) is 4.99 Å². The van der Waals surface area contributed by atoms with E-state index < -0.39 is 6.61 Å². The Morgan fingerprint density at radius 1 is 1.13 bits per heavy atom. The van der Waals surface area contributed by atoms with Crippen LogP contribution in [0.3, 0.4) is 0 Å². The highest BCUT2D eigenvalue weighted by Crippen LogP contribution is 2.34. The highest BCUT2D eigenvalue weighted by molar-refractivity contribution is 14.0. The van der Waals surface area contributed by atoms with Gasteiger partial charge in [-0.05, 0) is 36.1 Å². The van der Waals surface area contributed by atoms with Crippen molar-refractivity contribution in [1.29, 1.82) is 0 Å². The predicted octanol–water partition coefficient (Wildman–Crippen LogP) is 4.66. The number of nitrogens with one attached hydrogen (secondary N) is 1. The molecule has 1 aliphatic rings. The molecule has 0 saturated carbocycles. The van der Waals surface area contributed by atoms with Gasteiger partial charge in [-0.2, -0.15) is 8.78 Å². The highest BCUT2D eigenvalue weighted by Gasteiger charge is 2.34. The van der Waals surface area contributed by atoms with Crippen molar-refractivity contribution in [3.05, 3.63) is 65.7 Å². The summed E-state index contributed by atoms with van der Waals surface area (Å²) < 4.78 is 34.6. The van der Waals surface area contributed by atoms with Crippen LogP contribution in [0.4, 0.5) is 8.78 Å². The van der Waals surface area contributed by atoms with Gasteiger partial charge in [0.15, 0.2) is 5.96 Å². The maximum atomic E-state index is 12.3. The molecule has 2 aromatic carbocycles. The number of hydrogen-bond acceptors (Lipinski definition) is 3. The first-order valence-electron chi connectivity index (χ1n) is 10.1. The largest absolute Gasteiger partial charge is 0.435 e. The molecule has 0 unspecified atom stereocenters. The number of hydrogen-bond donors (Lipinski definition) is 1. The molecule has 1 fully saturated rings. The Bertz CT molecular complexity index is 813. The Kier molecular flexibility index (Phi) is 9.95. The molecule has 1 heterocycles. The molecule has 1 aliphatic heterocycles. The summed E-state index contributed by atoms with van der Waals surface area (Å²) in [6.07, 6.45) is 1.91. The molecule has 1 saturated heterocycles. The Morgan fingerprint density at radius 3 is 2.35 bits per heavy atom. The number of nitrogens with zero attached hydrogens (tertiary/aromatic N) is 2.